The van der Waals surface area contributed by atoms with Crippen LogP contribution < -0.4 is 5.84 Å². The molecule has 0 aliphatic carbocycles. The topological polar surface area (TPSA) is 29.3 Å². The Kier molecular flexibility index (Phi) is 3.05. The summed E-state index contributed by atoms with van der Waals surface area (Å²) in [4.78, 5) is 0. The van der Waals surface area contributed by atoms with Gasteiger partial charge in [-0.3, -0.25) is 5.84 Å². The lowest BCUT2D eigenvalue weighted by atomic mass is 10.2. The molecule has 0 atom stereocenters. The predicted octanol–water partition coefficient (Wildman–Crippen LogP) is 1.75. The van der Waals surface area contributed by atoms with Crippen molar-refractivity contribution in [1.82, 2.24) is 5.01 Å². The van der Waals surface area contributed by atoms with Crippen molar-refractivity contribution in [3.05, 3.63) is 34.3 Å². The summed E-state index contributed by atoms with van der Waals surface area (Å²) in [6, 6.07) is 8.06. The average molecular weight is 215 g/mol. The molecule has 0 aliphatic rings. The Balaban J connectivity index is 2.78. The molecular weight excluding hydrogens is 204 g/mol. The molecule has 2 nitrogen and oxygen atoms in total. The summed E-state index contributed by atoms with van der Waals surface area (Å²) in [7, 11) is 1.85. The Morgan fingerprint density at radius 1 is 1.45 bits per heavy atom. The summed E-state index contributed by atoms with van der Waals surface area (Å²) in [5.74, 6) is 5.51. The Bertz CT molecular complexity index is 235. The van der Waals surface area contributed by atoms with E-state index in [1.165, 1.54) is 5.56 Å². The molecular formula is C8H11BrN2. The van der Waals surface area contributed by atoms with Gasteiger partial charge >= 0.3 is 0 Å². The first-order valence-corrected chi connectivity index (χ1v) is 4.18. The van der Waals surface area contributed by atoms with Crippen LogP contribution in [0.5, 0.6) is 0 Å². The number of hydrogen-bond donors (Lipinski definition) is 1. The molecule has 1 aromatic carbocycles. The van der Waals surface area contributed by atoms with Gasteiger partial charge in [-0.2, -0.15) is 0 Å². The molecule has 0 aliphatic heterocycles. The summed E-state index contributed by atoms with van der Waals surface area (Å²) in [5, 5.41) is 1.65. The zero-order valence-corrected chi connectivity index (χ0v) is 8.01. The molecule has 11 heavy (non-hydrogen) atoms. The van der Waals surface area contributed by atoms with Crippen LogP contribution in [0.25, 0.3) is 0 Å². The van der Waals surface area contributed by atoms with Gasteiger partial charge in [-0.05, 0) is 11.6 Å². The first-order chi connectivity index (χ1) is 5.20. The van der Waals surface area contributed by atoms with Crippen LogP contribution in [0, 0.1) is 0 Å². The maximum absolute atomic E-state index is 5.51. The van der Waals surface area contributed by atoms with Crippen molar-refractivity contribution in [1.29, 1.82) is 0 Å². The van der Waals surface area contributed by atoms with Crippen molar-refractivity contribution < 1.29 is 0 Å². The second-order valence-electron chi connectivity index (χ2n) is 2.51. The fourth-order valence-corrected chi connectivity index (χ4v) is 1.31. The van der Waals surface area contributed by atoms with Crippen LogP contribution in [0.2, 0.25) is 0 Å². The van der Waals surface area contributed by atoms with E-state index in [1.807, 2.05) is 31.3 Å². The lowest BCUT2D eigenvalue weighted by Crippen LogP contribution is -2.25. The summed E-state index contributed by atoms with van der Waals surface area (Å²) in [5.41, 5.74) is 1.21. The van der Waals surface area contributed by atoms with Crippen LogP contribution in [0.15, 0.2) is 28.7 Å². The van der Waals surface area contributed by atoms with Crippen molar-refractivity contribution in [3.8, 4) is 0 Å². The van der Waals surface area contributed by atoms with Crippen LogP contribution in [-0.4, -0.2) is 12.1 Å². The van der Waals surface area contributed by atoms with Crippen molar-refractivity contribution in [2.24, 2.45) is 5.84 Å². The van der Waals surface area contributed by atoms with Gasteiger partial charge in [0.25, 0.3) is 0 Å². The van der Waals surface area contributed by atoms with Gasteiger partial charge in [0, 0.05) is 18.1 Å². The second kappa shape index (κ2) is 3.85. The Morgan fingerprint density at radius 3 is 2.64 bits per heavy atom. The third kappa shape index (κ3) is 2.61. The quantitative estimate of drug-likeness (QED) is 0.601. The zero-order chi connectivity index (χ0) is 8.27. The van der Waals surface area contributed by atoms with Gasteiger partial charge in [0.1, 0.15) is 0 Å². The van der Waals surface area contributed by atoms with Crippen molar-refractivity contribution in [2.45, 2.75) is 6.54 Å². The highest BCUT2D eigenvalue weighted by atomic mass is 79.9. The average Bonchev–Trinajstić information content (AvgIpc) is 1.93. The standard InChI is InChI=1S/C8H11BrN2/c1-11(10)6-7-4-2-3-5-8(7)9/h2-5H,6,10H2,1H3. The maximum Gasteiger partial charge on any atom is 0.0387 e. The Labute approximate surface area is 75.1 Å². The maximum atomic E-state index is 5.51. The molecule has 0 fully saturated rings. The zero-order valence-electron chi connectivity index (χ0n) is 6.42. The molecule has 0 aromatic heterocycles. The predicted molar refractivity (Wildman–Crippen MR) is 49.8 cm³/mol. The largest absolute Gasteiger partial charge is 0.269 e. The molecule has 0 spiro atoms. The molecule has 0 heterocycles. The highest BCUT2D eigenvalue weighted by Crippen LogP contribution is 2.16. The van der Waals surface area contributed by atoms with Gasteiger partial charge in [0.05, 0.1) is 0 Å². The van der Waals surface area contributed by atoms with Crippen LogP contribution >= 0.6 is 15.9 Å². The minimum atomic E-state index is 0.765. The van der Waals surface area contributed by atoms with E-state index in [1.54, 1.807) is 5.01 Å². The van der Waals surface area contributed by atoms with E-state index in [4.69, 9.17) is 5.84 Å². The number of halogens is 1. The Hall–Kier alpha value is -0.380. The molecule has 0 radical (unpaired) electrons. The third-order valence-electron chi connectivity index (χ3n) is 1.38. The van der Waals surface area contributed by atoms with Gasteiger partial charge in [0.15, 0.2) is 0 Å². The molecule has 2 N–H and O–H groups in total. The molecule has 0 amide bonds. The summed E-state index contributed by atoms with van der Waals surface area (Å²) in [6.07, 6.45) is 0. The molecule has 0 saturated heterocycles. The van der Waals surface area contributed by atoms with Gasteiger partial charge in [-0.15, -0.1) is 0 Å². The molecule has 60 valence electrons. The lowest BCUT2D eigenvalue weighted by Gasteiger charge is -2.10. The number of hydrogen-bond acceptors (Lipinski definition) is 2. The van der Waals surface area contributed by atoms with E-state index >= 15 is 0 Å². The third-order valence-corrected chi connectivity index (χ3v) is 2.15. The van der Waals surface area contributed by atoms with E-state index in [2.05, 4.69) is 15.9 Å². The number of benzene rings is 1. The van der Waals surface area contributed by atoms with E-state index < -0.39 is 0 Å². The number of nitrogens with two attached hydrogens (primary N) is 1. The smallest absolute Gasteiger partial charge is 0.0387 e. The molecule has 3 heteroatoms. The first-order valence-electron chi connectivity index (χ1n) is 3.39. The van der Waals surface area contributed by atoms with Crippen molar-refractivity contribution in [3.63, 3.8) is 0 Å². The summed E-state index contributed by atoms with van der Waals surface area (Å²) in [6.45, 7) is 0.765. The van der Waals surface area contributed by atoms with Crippen LogP contribution in [0.3, 0.4) is 0 Å². The minimum absolute atomic E-state index is 0.765. The van der Waals surface area contributed by atoms with Crippen LogP contribution in [0.4, 0.5) is 0 Å². The van der Waals surface area contributed by atoms with E-state index in [-0.39, 0.29) is 0 Å². The second-order valence-corrected chi connectivity index (χ2v) is 3.36. The molecule has 0 bridgehead atoms. The summed E-state index contributed by atoms with van der Waals surface area (Å²) < 4.78 is 1.11. The Morgan fingerprint density at radius 2 is 2.09 bits per heavy atom. The van der Waals surface area contributed by atoms with Crippen molar-refractivity contribution >= 4 is 15.9 Å². The monoisotopic (exact) mass is 214 g/mol. The van der Waals surface area contributed by atoms with E-state index in [0.717, 1.165) is 11.0 Å². The number of nitrogens with zero attached hydrogens (tertiary/aromatic N) is 1. The fraction of sp³-hybridized carbons (Fsp3) is 0.250. The highest BCUT2D eigenvalue weighted by molar-refractivity contribution is 9.10. The van der Waals surface area contributed by atoms with Crippen LogP contribution in [-0.2, 0) is 6.54 Å². The molecule has 0 unspecified atom stereocenters. The highest BCUT2D eigenvalue weighted by Gasteiger charge is 1.98. The fourth-order valence-electron chi connectivity index (χ4n) is 0.895. The minimum Gasteiger partial charge on any atom is -0.269 e. The number of hydrazine groups is 1. The SMILES string of the molecule is CN(N)Cc1ccccc1Br. The normalized spacial score (nSPS) is 10.5. The van der Waals surface area contributed by atoms with Crippen LogP contribution in [0.1, 0.15) is 5.56 Å². The van der Waals surface area contributed by atoms with E-state index in [0.29, 0.717) is 0 Å². The van der Waals surface area contributed by atoms with Gasteiger partial charge in [0.2, 0.25) is 0 Å². The van der Waals surface area contributed by atoms with Gasteiger partial charge in [-0.25, -0.2) is 5.01 Å². The number of rotatable bonds is 2. The van der Waals surface area contributed by atoms with E-state index in [9.17, 15) is 0 Å². The summed E-state index contributed by atoms with van der Waals surface area (Å²) >= 11 is 3.44. The van der Waals surface area contributed by atoms with Gasteiger partial charge < -0.3 is 0 Å². The lowest BCUT2D eigenvalue weighted by molar-refractivity contribution is 0.341. The molecule has 0 saturated carbocycles. The van der Waals surface area contributed by atoms with Crippen molar-refractivity contribution in [2.75, 3.05) is 7.05 Å². The van der Waals surface area contributed by atoms with Gasteiger partial charge in [-0.1, -0.05) is 34.1 Å². The first kappa shape index (κ1) is 8.71. The molecule has 1 aromatic rings. The molecule has 1 rings (SSSR count).